The number of carbonyl (C=O) groups excluding carboxylic acids is 1. The number of hydrogen-bond acceptors (Lipinski definition) is 4. The average molecular weight is 349 g/mol. The summed E-state index contributed by atoms with van der Waals surface area (Å²) in [6.45, 7) is 1.65. The van der Waals surface area contributed by atoms with Gasteiger partial charge in [-0.2, -0.15) is 0 Å². The van der Waals surface area contributed by atoms with Crippen molar-refractivity contribution in [3.05, 3.63) is 53.9 Å². The lowest BCUT2D eigenvalue weighted by molar-refractivity contribution is 0.0704. The first-order valence-corrected chi connectivity index (χ1v) is 8.91. The largest absolute Gasteiger partial charge is 0.454 e. The van der Waals surface area contributed by atoms with Crippen LogP contribution in [0.15, 0.2) is 42.5 Å². The third-order valence-corrected chi connectivity index (χ3v) is 5.12. The smallest absolute Gasteiger partial charge is 0.254 e. The van der Waals surface area contributed by atoms with Crippen molar-refractivity contribution >= 4 is 16.9 Å². The maximum Gasteiger partial charge on any atom is 0.254 e. The molecule has 1 amide bonds. The number of carbonyl (C=O) groups is 1. The number of amides is 1. The Labute approximate surface area is 150 Å². The lowest BCUT2D eigenvalue weighted by Gasteiger charge is -2.32. The monoisotopic (exact) mass is 349 g/mol. The molecule has 1 N–H and O–H groups in total. The number of ether oxygens (including phenoxy) is 2. The first-order chi connectivity index (χ1) is 12.8. The number of hydrogen-bond donors (Lipinski definition) is 1. The maximum atomic E-state index is 12.9. The number of benzene rings is 2. The number of para-hydroxylation sites is 2. The van der Waals surface area contributed by atoms with Gasteiger partial charge in [0.1, 0.15) is 5.82 Å². The number of nitrogens with zero attached hydrogens (tertiary/aromatic N) is 2. The number of nitrogens with one attached hydrogen (secondary N) is 1. The summed E-state index contributed by atoms with van der Waals surface area (Å²) >= 11 is 0. The Balaban J connectivity index is 1.37. The molecule has 0 aliphatic carbocycles. The summed E-state index contributed by atoms with van der Waals surface area (Å²) in [5.74, 6) is 2.56. The molecule has 1 saturated heterocycles. The molecule has 0 radical (unpaired) electrons. The fourth-order valence-electron chi connectivity index (χ4n) is 3.76. The number of piperidine rings is 1. The minimum atomic E-state index is 0.0316. The van der Waals surface area contributed by atoms with Gasteiger partial charge in [-0.05, 0) is 43.2 Å². The van der Waals surface area contributed by atoms with Gasteiger partial charge in [0, 0.05) is 24.6 Å². The molecule has 1 aromatic heterocycles. The molecule has 6 nitrogen and oxygen atoms in total. The summed E-state index contributed by atoms with van der Waals surface area (Å²) in [6, 6.07) is 13.4. The van der Waals surface area contributed by atoms with Gasteiger partial charge in [-0.1, -0.05) is 12.1 Å². The first kappa shape index (κ1) is 15.3. The zero-order valence-corrected chi connectivity index (χ0v) is 14.3. The molecule has 2 aliphatic heterocycles. The van der Waals surface area contributed by atoms with Gasteiger partial charge in [0.15, 0.2) is 11.5 Å². The van der Waals surface area contributed by atoms with Crippen molar-refractivity contribution in [1.29, 1.82) is 0 Å². The van der Waals surface area contributed by atoms with Crippen LogP contribution in [0.1, 0.15) is 34.9 Å². The second-order valence-electron chi connectivity index (χ2n) is 6.80. The van der Waals surface area contributed by atoms with E-state index >= 15 is 0 Å². The summed E-state index contributed by atoms with van der Waals surface area (Å²) in [7, 11) is 0. The fourth-order valence-corrected chi connectivity index (χ4v) is 3.76. The highest BCUT2D eigenvalue weighted by Gasteiger charge is 2.28. The number of H-pyrrole nitrogens is 1. The standard InChI is InChI=1S/C20H19N3O3/c24-20(13-7-8-17-18(10-13)26-12-25-17)23-9-3-4-14(11-23)19-21-15-5-1-2-6-16(15)22-19/h1-2,5-8,10,14H,3-4,9,11-12H2,(H,21,22)/t14-/m1/s1. The second kappa shape index (κ2) is 6.05. The van der Waals surface area contributed by atoms with E-state index in [1.165, 1.54) is 0 Å². The van der Waals surface area contributed by atoms with Gasteiger partial charge in [0.2, 0.25) is 6.79 Å². The molecule has 2 aliphatic rings. The summed E-state index contributed by atoms with van der Waals surface area (Å²) in [6.07, 6.45) is 2.00. The van der Waals surface area contributed by atoms with Crippen molar-refractivity contribution in [2.75, 3.05) is 19.9 Å². The van der Waals surface area contributed by atoms with Gasteiger partial charge in [-0.25, -0.2) is 4.98 Å². The summed E-state index contributed by atoms with van der Waals surface area (Å²) < 4.78 is 10.7. The number of imidazole rings is 1. The van der Waals surface area contributed by atoms with Gasteiger partial charge in [0.05, 0.1) is 11.0 Å². The summed E-state index contributed by atoms with van der Waals surface area (Å²) in [5.41, 5.74) is 2.66. The SMILES string of the molecule is O=C(c1ccc2c(c1)OCO2)N1CCC[C@@H](c2nc3ccccc3[nH]2)C1. The van der Waals surface area contributed by atoms with Crippen LogP contribution in [-0.4, -0.2) is 40.7 Å². The van der Waals surface area contributed by atoms with Crippen molar-refractivity contribution in [3.8, 4) is 11.5 Å². The number of aromatic nitrogens is 2. The molecular formula is C20H19N3O3. The van der Waals surface area contributed by atoms with E-state index in [1.54, 1.807) is 18.2 Å². The Kier molecular flexibility index (Phi) is 3.55. The molecule has 0 unspecified atom stereocenters. The molecule has 26 heavy (non-hydrogen) atoms. The molecule has 3 aromatic rings. The van der Waals surface area contributed by atoms with E-state index in [1.807, 2.05) is 29.2 Å². The average Bonchev–Trinajstić information content (AvgIpc) is 3.33. The zero-order chi connectivity index (χ0) is 17.5. The highest BCUT2D eigenvalue weighted by molar-refractivity contribution is 5.95. The molecule has 2 aromatic carbocycles. The van der Waals surface area contributed by atoms with E-state index < -0.39 is 0 Å². The van der Waals surface area contributed by atoms with Crippen LogP contribution < -0.4 is 9.47 Å². The van der Waals surface area contributed by atoms with E-state index in [0.717, 1.165) is 36.2 Å². The molecule has 0 spiro atoms. The molecular weight excluding hydrogens is 330 g/mol. The molecule has 6 heteroatoms. The van der Waals surface area contributed by atoms with E-state index in [9.17, 15) is 4.79 Å². The third kappa shape index (κ3) is 2.58. The molecule has 0 bridgehead atoms. The van der Waals surface area contributed by atoms with Gasteiger partial charge < -0.3 is 19.4 Å². The maximum absolute atomic E-state index is 12.9. The Bertz CT molecular complexity index is 948. The number of fused-ring (bicyclic) bond motifs is 2. The van der Waals surface area contributed by atoms with E-state index in [4.69, 9.17) is 14.5 Å². The zero-order valence-electron chi connectivity index (χ0n) is 14.3. The lowest BCUT2D eigenvalue weighted by atomic mass is 9.96. The topological polar surface area (TPSA) is 67.5 Å². The molecule has 132 valence electrons. The predicted molar refractivity (Wildman–Crippen MR) is 96.5 cm³/mol. The van der Waals surface area contributed by atoms with Crippen LogP contribution in [-0.2, 0) is 0 Å². The second-order valence-corrected chi connectivity index (χ2v) is 6.80. The van der Waals surface area contributed by atoms with Crippen LogP contribution >= 0.6 is 0 Å². The Morgan fingerprint density at radius 3 is 2.96 bits per heavy atom. The minimum absolute atomic E-state index is 0.0316. The minimum Gasteiger partial charge on any atom is -0.454 e. The van der Waals surface area contributed by atoms with Crippen LogP contribution in [0, 0.1) is 0 Å². The first-order valence-electron chi connectivity index (χ1n) is 8.91. The van der Waals surface area contributed by atoms with Crippen LogP contribution in [0.4, 0.5) is 0 Å². The highest BCUT2D eigenvalue weighted by atomic mass is 16.7. The van der Waals surface area contributed by atoms with E-state index in [2.05, 4.69) is 4.98 Å². The lowest BCUT2D eigenvalue weighted by Crippen LogP contribution is -2.39. The predicted octanol–water partition coefficient (Wildman–Crippen LogP) is 3.31. The van der Waals surface area contributed by atoms with Crippen LogP contribution in [0.2, 0.25) is 0 Å². The number of rotatable bonds is 2. The van der Waals surface area contributed by atoms with Gasteiger partial charge in [0.25, 0.3) is 5.91 Å². The fraction of sp³-hybridized carbons (Fsp3) is 0.300. The molecule has 0 saturated carbocycles. The molecule has 1 fully saturated rings. The quantitative estimate of drug-likeness (QED) is 0.771. The van der Waals surface area contributed by atoms with Crippen molar-refractivity contribution in [1.82, 2.24) is 14.9 Å². The van der Waals surface area contributed by atoms with Crippen LogP contribution in [0.25, 0.3) is 11.0 Å². The Morgan fingerprint density at radius 1 is 1.15 bits per heavy atom. The number of aromatic amines is 1. The van der Waals surface area contributed by atoms with Crippen molar-refractivity contribution in [2.24, 2.45) is 0 Å². The van der Waals surface area contributed by atoms with Crippen LogP contribution in [0.5, 0.6) is 11.5 Å². The molecule has 1 atom stereocenters. The van der Waals surface area contributed by atoms with Gasteiger partial charge >= 0.3 is 0 Å². The van der Waals surface area contributed by atoms with E-state index in [0.29, 0.717) is 23.6 Å². The van der Waals surface area contributed by atoms with Crippen LogP contribution in [0.3, 0.4) is 0 Å². The van der Waals surface area contributed by atoms with Crippen molar-refractivity contribution < 1.29 is 14.3 Å². The normalized spacial score (nSPS) is 19.1. The Morgan fingerprint density at radius 2 is 2.04 bits per heavy atom. The van der Waals surface area contributed by atoms with Crippen molar-refractivity contribution in [3.63, 3.8) is 0 Å². The highest BCUT2D eigenvalue weighted by Crippen LogP contribution is 2.34. The summed E-state index contributed by atoms with van der Waals surface area (Å²) in [5, 5.41) is 0. The number of likely N-dealkylation sites (tertiary alicyclic amines) is 1. The summed E-state index contributed by atoms with van der Waals surface area (Å²) in [4.78, 5) is 23.0. The Hall–Kier alpha value is -3.02. The van der Waals surface area contributed by atoms with Gasteiger partial charge in [-0.3, -0.25) is 4.79 Å². The van der Waals surface area contributed by atoms with Gasteiger partial charge in [-0.15, -0.1) is 0 Å². The molecule has 3 heterocycles. The third-order valence-electron chi connectivity index (χ3n) is 5.12. The van der Waals surface area contributed by atoms with Crippen molar-refractivity contribution in [2.45, 2.75) is 18.8 Å². The van der Waals surface area contributed by atoms with E-state index in [-0.39, 0.29) is 18.6 Å². The molecule has 5 rings (SSSR count).